The molecule has 3 N–H and O–H groups in total. The second kappa shape index (κ2) is 8.66. The number of esters is 1. The number of rotatable bonds is 7. The van der Waals surface area contributed by atoms with E-state index < -0.39 is 21.8 Å². The molecule has 0 saturated carbocycles. The van der Waals surface area contributed by atoms with Crippen LogP contribution in [-0.2, 0) is 26.2 Å². The van der Waals surface area contributed by atoms with Crippen molar-refractivity contribution in [2.24, 2.45) is 17.6 Å². The van der Waals surface area contributed by atoms with Gasteiger partial charge in [-0.2, -0.15) is 0 Å². The summed E-state index contributed by atoms with van der Waals surface area (Å²) in [5.74, 6) is -0.491. The Balaban J connectivity index is 1.53. The van der Waals surface area contributed by atoms with E-state index in [0.29, 0.717) is 30.6 Å². The molecular weight excluding hydrogens is 399 g/mol. The minimum absolute atomic E-state index is 0.201. The van der Waals surface area contributed by atoms with Crippen molar-refractivity contribution in [1.29, 1.82) is 5.41 Å². The SMILES string of the molecule is CS(=O)(=O)N1CCC(C2CN(c3cccc(COC(=O)CC(=N)N)c3F)C2)CC1. The van der Waals surface area contributed by atoms with Gasteiger partial charge in [-0.1, -0.05) is 12.1 Å². The fourth-order valence-electron chi connectivity index (χ4n) is 3.97. The number of nitrogens with one attached hydrogen (secondary N) is 1. The highest BCUT2D eigenvalue weighted by Gasteiger charge is 2.37. The van der Waals surface area contributed by atoms with E-state index in [0.717, 1.165) is 25.9 Å². The topological polar surface area (TPSA) is 117 Å². The summed E-state index contributed by atoms with van der Waals surface area (Å²) in [6, 6.07) is 5.00. The number of nitrogens with two attached hydrogens (primary N) is 1. The van der Waals surface area contributed by atoms with E-state index >= 15 is 0 Å². The standard InChI is InChI=1S/C19H27FN4O4S/c1-29(26,27)24-7-5-13(6-8-24)15-10-23(11-15)16-4-2-3-14(19(16)20)12-28-18(25)9-17(21)22/h2-4,13,15H,5-12H2,1H3,(H3,21,22). The molecule has 0 unspecified atom stereocenters. The molecule has 29 heavy (non-hydrogen) atoms. The predicted octanol–water partition coefficient (Wildman–Crippen LogP) is 1.30. The van der Waals surface area contributed by atoms with Crippen molar-refractivity contribution < 1.29 is 22.3 Å². The summed E-state index contributed by atoms with van der Waals surface area (Å²) in [7, 11) is -3.13. The van der Waals surface area contributed by atoms with Crippen LogP contribution < -0.4 is 10.6 Å². The number of benzene rings is 1. The van der Waals surface area contributed by atoms with Crippen LogP contribution in [-0.4, -0.2) is 57.0 Å². The zero-order chi connectivity index (χ0) is 21.2. The number of nitrogens with zero attached hydrogens (tertiary/aromatic N) is 2. The molecule has 2 aliphatic rings. The molecule has 0 bridgehead atoms. The van der Waals surface area contributed by atoms with Gasteiger partial charge in [-0.05, 0) is 30.7 Å². The zero-order valence-corrected chi connectivity index (χ0v) is 17.3. The molecule has 0 aliphatic carbocycles. The predicted molar refractivity (Wildman–Crippen MR) is 108 cm³/mol. The van der Waals surface area contributed by atoms with Crippen molar-refractivity contribution in [2.45, 2.75) is 25.9 Å². The van der Waals surface area contributed by atoms with Crippen LogP contribution in [0.1, 0.15) is 24.8 Å². The third kappa shape index (κ3) is 5.24. The molecule has 0 amide bonds. The average Bonchev–Trinajstić information content (AvgIpc) is 2.60. The number of anilines is 1. The summed E-state index contributed by atoms with van der Waals surface area (Å²) in [5, 5.41) is 7.08. The van der Waals surface area contributed by atoms with Crippen molar-refractivity contribution in [3.8, 4) is 0 Å². The van der Waals surface area contributed by atoms with Gasteiger partial charge in [-0.25, -0.2) is 17.1 Å². The number of halogens is 1. The Morgan fingerprint density at radius 1 is 1.28 bits per heavy atom. The molecule has 2 aliphatic heterocycles. The maximum absolute atomic E-state index is 14.8. The molecule has 0 radical (unpaired) electrons. The van der Waals surface area contributed by atoms with E-state index in [-0.39, 0.29) is 24.4 Å². The quantitative estimate of drug-likeness (QED) is 0.386. The zero-order valence-electron chi connectivity index (χ0n) is 16.4. The van der Waals surface area contributed by atoms with Gasteiger partial charge in [0.15, 0.2) is 5.82 Å². The average molecular weight is 427 g/mol. The first-order chi connectivity index (χ1) is 13.6. The number of sulfonamides is 1. The van der Waals surface area contributed by atoms with Gasteiger partial charge in [0, 0.05) is 31.7 Å². The first-order valence-electron chi connectivity index (χ1n) is 9.61. The lowest BCUT2D eigenvalue weighted by molar-refractivity contribution is -0.143. The molecule has 2 fully saturated rings. The van der Waals surface area contributed by atoms with Crippen LogP contribution >= 0.6 is 0 Å². The highest BCUT2D eigenvalue weighted by atomic mass is 32.2. The summed E-state index contributed by atoms with van der Waals surface area (Å²) in [6.45, 7) is 2.36. The Kier molecular flexibility index (Phi) is 6.42. The monoisotopic (exact) mass is 426 g/mol. The van der Waals surface area contributed by atoms with Crippen LogP contribution in [0.15, 0.2) is 18.2 Å². The first-order valence-corrected chi connectivity index (χ1v) is 11.5. The molecular formula is C19H27FN4O4S. The van der Waals surface area contributed by atoms with Crippen molar-refractivity contribution in [3.63, 3.8) is 0 Å². The van der Waals surface area contributed by atoms with E-state index in [2.05, 4.69) is 0 Å². The summed E-state index contributed by atoms with van der Waals surface area (Å²) in [5.41, 5.74) is 5.92. The molecule has 3 rings (SSSR count). The maximum Gasteiger partial charge on any atom is 0.313 e. The first kappa shape index (κ1) is 21.5. The molecule has 2 heterocycles. The number of ether oxygens (including phenoxy) is 1. The summed E-state index contributed by atoms with van der Waals surface area (Å²) in [6.07, 6.45) is 2.60. The molecule has 10 heteroatoms. The second-order valence-corrected chi connectivity index (χ2v) is 9.76. The number of carbonyl (C=O) groups excluding carboxylic acids is 1. The minimum atomic E-state index is -3.13. The smallest absolute Gasteiger partial charge is 0.313 e. The van der Waals surface area contributed by atoms with Gasteiger partial charge in [0.05, 0.1) is 11.9 Å². The lowest BCUT2D eigenvalue weighted by Gasteiger charge is -2.47. The van der Waals surface area contributed by atoms with Gasteiger partial charge in [0.1, 0.15) is 18.9 Å². The molecule has 8 nitrogen and oxygen atoms in total. The number of hydrogen-bond acceptors (Lipinski definition) is 6. The summed E-state index contributed by atoms with van der Waals surface area (Å²) < 4.78 is 44.6. The molecule has 0 spiro atoms. The van der Waals surface area contributed by atoms with Crippen molar-refractivity contribution >= 4 is 27.5 Å². The van der Waals surface area contributed by atoms with Crippen LogP contribution in [0.4, 0.5) is 10.1 Å². The Bertz CT molecular complexity index is 878. The van der Waals surface area contributed by atoms with E-state index in [1.807, 2.05) is 4.90 Å². The van der Waals surface area contributed by atoms with Crippen LogP contribution in [0.25, 0.3) is 0 Å². The van der Waals surface area contributed by atoms with Crippen LogP contribution in [0.2, 0.25) is 0 Å². The maximum atomic E-state index is 14.8. The lowest BCUT2D eigenvalue weighted by Crippen LogP contribution is -2.52. The Morgan fingerprint density at radius 3 is 2.52 bits per heavy atom. The van der Waals surface area contributed by atoms with Gasteiger partial charge in [0.2, 0.25) is 10.0 Å². The highest BCUT2D eigenvalue weighted by Crippen LogP contribution is 2.36. The van der Waals surface area contributed by atoms with Crippen LogP contribution in [0.3, 0.4) is 0 Å². The fraction of sp³-hybridized carbons (Fsp3) is 0.579. The third-order valence-electron chi connectivity index (χ3n) is 5.67. The number of hydrogen-bond donors (Lipinski definition) is 2. The molecule has 0 atom stereocenters. The van der Waals surface area contributed by atoms with Gasteiger partial charge in [-0.3, -0.25) is 10.2 Å². The largest absolute Gasteiger partial charge is 0.460 e. The second-order valence-electron chi connectivity index (χ2n) is 7.78. The molecule has 1 aromatic carbocycles. The molecule has 1 aromatic rings. The van der Waals surface area contributed by atoms with Crippen molar-refractivity contribution in [1.82, 2.24) is 4.31 Å². The van der Waals surface area contributed by atoms with E-state index in [1.165, 1.54) is 10.6 Å². The van der Waals surface area contributed by atoms with Gasteiger partial charge < -0.3 is 15.4 Å². The van der Waals surface area contributed by atoms with E-state index in [1.54, 1.807) is 18.2 Å². The van der Waals surface area contributed by atoms with Gasteiger partial charge in [0.25, 0.3) is 0 Å². The fourth-order valence-corrected chi connectivity index (χ4v) is 4.85. The number of carbonyl (C=O) groups is 1. The van der Waals surface area contributed by atoms with E-state index in [4.69, 9.17) is 15.9 Å². The summed E-state index contributed by atoms with van der Waals surface area (Å²) >= 11 is 0. The third-order valence-corrected chi connectivity index (χ3v) is 6.97. The van der Waals surface area contributed by atoms with Gasteiger partial charge >= 0.3 is 5.97 Å². The Hall–Kier alpha value is -2.20. The minimum Gasteiger partial charge on any atom is -0.460 e. The van der Waals surface area contributed by atoms with Gasteiger partial charge in [-0.15, -0.1) is 0 Å². The number of piperidine rings is 1. The van der Waals surface area contributed by atoms with Crippen LogP contribution in [0.5, 0.6) is 0 Å². The normalized spacial score (nSPS) is 19.0. The summed E-state index contributed by atoms with van der Waals surface area (Å²) in [4.78, 5) is 13.5. The molecule has 2 saturated heterocycles. The highest BCUT2D eigenvalue weighted by molar-refractivity contribution is 7.88. The Morgan fingerprint density at radius 2 is 1.93 bits per heavy atom. The Labute approximate surface area is 170 Å². The molecule has 0 aromatic heterocycles. The number of amidine groups is 1. The van der Waals surface area contributed by atoms with Crippen LogP contribution in [0, 0.1) is 23.1 Å². The van der Waals surface area contributed by atoms with E-state index in [9.17, 15) is 17.6 Å². The van der Waals surface area contributed by atoms with Crippen molar-refractivity contribution in [2.75, 3.05) is 37.3 Å². The lowest BCUT2D eigenvalue weighted by atomic mass is 9.80. The van der Waals surface area contributed by atoms with Crippen molar-refractivity contribution in [3.05, 3.63) is 29.6 Å². The molecule has 160 valence electrons.